The number of rotatable bonds is 4. The number of aliphatic imine (C=N–C) groups is 1. The molecule has 29 heavy (non-hydrogen) atoms. The third-order valence-electron chi connectivity index (χ3n) is 4.71. The molecule has 1 unspecified atom stereocenters. The van der Waals surface area contributed by atoms with Gasteiger partial charge in [-0.15, -0.1) is 0 Å². The van der Waals surface area contributed by atoms with Crippen LogP contribution in [0.15, 0.2) is 101 Å². The van der Waals surface area contributed by atoms with E-state index in [1.807, 2.05) is 105 Å². The average Bonchev–Trinajstić information content (AvgIpc) is 3.03. The highest BCUT2D eigenvalue weighted by atomic mass is 32.2. The van der Waals surface area contributed by atoms with Gasteiger partial charge in [-0.05, 0) is 44.2 Å². The fraction of sp³-hybridized carbons (Fsp3) is 0.120. The van der Waals surface area contributed by atoms with Crippen molar-refractivity contribution in [3.8, 4) is 0 Å². The molecule has 144 valence electrons. The van der Waals surface area contributed by atoms with E-state index in [0.29, 0.717) is 0 Å². The number of thioether (sulfide) groups is 1. The monoisotopic (exact) mass is 398 g/mol. The molecule has 0 N–H and O–H groups in total. The van der Waals surface area contributed by atoms with Crippen molar-refractivity contribution in [2.75, 3.05) is 4.90 Å². The van der Waals surface area contributed by atoms with Crippen molar-refractivity contribution in [2.24, 2.45) is 4.99 Å². The predicted octanol–water partition coefficient (Wildman–Crippen LogP) is 6.13. The van der Waals surface area contributed by atoms with E-state index in [0.717, 1.165) is 27.7 Å². The summed E-state index contributed by atoms with van der Waals surface area (Å²) >= 11 is 1.57. The Morgan fingerprint density at radius 3 is 2.21 bits per heavy atom. The molecule has 0 aromatic heterocycles. The molecule has 0 spiro atoms. The highest BCUT2D eigenvalue weighted by molar-refractivity contribution is 8.05. The topological polar surface area (TPSA) is 32.7 Å². The van der Waals surface area contributed by atoms with E-state index < -0.39 is 0 Å². The molecule has 4 rings (SSSR count). The number of nitrogens with zero attached hydrogens (tertiary/aromatic N) is 2. The summed E-state index contributed by atoms with van der Waals surface area (Å²) < 4.78 is 0. The maximum absolute atomic E-state index is 12.9. The van der Waals surface area contributed by atoms with Crippen molar-refractivity contribution in [3.05, 3.63) is 107 Å². The Kier molecular flexibility index (Phi) is 5.63. The Hall–Kier alpha value is -3.11. The Morgan fingerprint density at radius 2 is 1.55 bits per heavy atom. The van der Waals surface area contributed by atoms with Crippen molar-refractivity contribution in [3.63, 3.8) is 0 Å². The van der Waals surface area contributed by atoms with Crippen molar-refractivity contribution >= 4 is 34.8 Å². The summed E-state index contributed by atoms with van der Waals surface area (Å²) in [4.78, 5) is 19.6. The molecule has 1 atom stereocenters. The molecule has 3 aromatic carbocycles. The number of carbonyl (C=O) groups is 1. The number of allylic oxidation sites excluding steroid dienone is 1. The standard InChI is InChI=1S/C25H22N2OS/c1-18-13-15-22(16-14-18)27-24(29-19(2)25(27)28)17-23(20-9-5-3-6-10-20)26-21-11-7-4-8-12-21/h3-17,19H,1-2H3/b24-17-,26-23?. The highest BCUT2D eigenvalue weighted by Crippen LogP contribution is 2.39. The number of aryl methyl sites for hydroxylation is 1. The van der Waals surface area contributed by atoms with Gasteiger partial charge in [0.05, 0.1) is 21.7 Å². The smallest absolute Gasteiger partial charge is 0.245 e. The Bertz CT molecular complexity index is 1060. The lowest BCUT2D eigenvalue weighted by molar-refractivity contribution is -0.116. The van der Waals surface area contributed by atoms with Gasteiger partial charge in [-0.3, -0.25) is 9.69 Å². The second kappa shape index (κ2) is 8.50. The molecule has 0 bridgehead atoms. The maximum Gasteiger partial charge on any atom is 0.245 e. The van der Waals surface area contributed by atoms with Gasteiger partial charge in [-0.25, -0.2) is 4.99 Å². The Morgan fingerprint density at radius 1 is 0.931 bits per heavy atom. The number of hydrogen-bond acceptors (Lipinski definition) is 3. The molecule has 4 heteroatoms. The van der Waals surface area contributed by atoms with Gasteiger partial charge in [0.25, 0.3) is 0 Å². The summed E-state index contributed by atoms with van der Waals surface area (Å²) in [5, 5.41) is 0.765. The summed E-state index contributed by atoms with van der Waals surface area (Å²) in [6.45, 7) is 4.00. The minimum Gasteiger partial charge on any atom is -0.274 e. The number of anilines is 1. The largest absolute Gasteiger partial charge is 0.274 e. The van der Waals surface area contributed by atoms with Crippen LogP contribution in [-0.4, -0.2) is 16.9 Å². The zero-order chi connectivity index (χ0) is 20.2. The van der Waals surface area contributed by atoms with Gasteiger partial charge >= 0.3 is 0 Å². The fourth-order valence-corrected chi connectivity index (χ4v) is 4.22. The summed E-state index contributed by atoms with van der Waals surface area (Å²) in [5.74, 6) is 0.0947. The molecule has 3 aromatic rings. The minimum atomic E-state index is -0.128. The Labute approximate surface area is 175 Å². The molecule has 0 aliphatic carbocycles. The van der Waals surface area contributed by atoms with E-state index in [1.54, 1.807) is 16.7 Å². The zero-order valence-electron chi connectivity index (χ0n) is 16.4. The van der Waals surface area contributed by atoms with Crippen LogP contribution in [0.1, 0.15) is 18.1 Å². The van der Waals surface area contributed by atoms with Crippen LogP contribution in [0.3, 0.4) is 0 Å². The second-order valence-electron chi connectivity index (χ2n) is 6.95. The first-order valence-electron chi connectivity index (χ1n) is 9.60. The van der Waals surface area contributed by atoms with Crippen LogP contribution in [0, 0.1) is 6.92 Å². The summed E-state index contributed by atoms with van der Waals surface area (Å²) in [5.41, 5.74) is 4.78. The van der Waals surface area contributed by atoms with Crippen LogP contribution in [0.2, 0.25) is 0 Å². The van der Waals surface area contributed by atoms with Crippen LogP contribution < -0.4 is 4.90 Å². The molecule has 0 saturated carbocycles. The molecule has 1 aliphatic heterocycles. The minimum absolute atomic E-state index is 0.0947. The van der Waals surface area contributed by atoms with Crippen molar-refractivity contribution in [1.82, 2.24) is 0 Å². The van der Waals surface area contributed by atoms with Crippen LogP contribution in [0.4, 0.5) is 11.4 Å². The molecule has 0 radical (unpaired) electrons. The third kappa shape index (κ3) is 4.33. The number of para-hydroxylation sites is 1. The van der Waals surface area contributed by atoms with Crippen molar-refractivity contribution < 1.29 is 4.79 Å². The zero-order valence-corrected chi connectivity index (χ0v) is 17.3. The van der Waals surface area contributed by atoms with Crippen LogP contribution in [-0.2, 0) is 4.79 Å². The molecule has 3 nitrogen and oxygen atoms in total. The number of benzene rings is 3. The summed E-state index contributed by atoms with van der Waals surface area (Å²) in [6, 6.07) is 28.0. The van der Waals surface area contributed by atoms with Gasteiger partial charge in [-0.2, -0.15) is 0 Å². The summed E-state index contributed by atoms with van der Waals surface area (Å²) in [6.07, 6.45) is 2.02. The van der Waals surface area contributed by atoms with Crippen LogP contribution in [0.25, 0.3) is 0 Å². The maximum atomic E-state index is 12.9. The molecule has 1 fully saturated rings. The van der Waals surface area contributed by atoms with Gasteiger partial charge in [0, 0.05) is 11.3 Å². The van der Waals surface area contributed by atoms with Crippen LogP contribution in [0.5, 0.6) is 0 Å². The summed E-state index contributed by atoms with van der Waals surface area (Å²) in [7, 11) is 0. The molecule has 1 saturated heterocycles. The average molecular weight is 399 g/mol. The second-order valence-corrected chi connectivity index (χ2v) is 8.31. The molecule has 1 amide bonds. The van der Waals surface area contributed by atoms with E-state index in [2.05, 4.69) is 0 Å². The lowest BCUT2D eigenvalue weighted by Crippen LogP contribution is -2.27. The van der Waals surface area contributed by atoms with Gasteiger partial charge in [-0.1, -0.05) is 78.0 Å². The van der Waals surface area contributed by atoms with E-state index >= 15 is 0 Å². The van der Waals surface area contributed by atoms with Gasteiger partial charge in [0.15, 0.2) is 0 Å². The Balaban J connectivity index is 1.80. The molecular weight excluding hydrogens is 376 g/mol. The predicted molar refractivity (Wildman–Crippen MR) is 123 cm³/mol. The van der Waals surface area contributed by atoms with Gasteiger partial charge in [0.1, 0.15) is 0 Å². The number of carbonyl (C=O) groups excluding carboxylic acids is 1. The van der Waals surface area contributed by atoms with E-state index in [9.17, 15) is 4.79 Å². The molecule has 1 aliphatic rings. The van der Waals surface area contributed by atoms with E-state index in [1.165, 1.54) is 5.56 Å². The third-order valence-corrected chi connectivity index (χ3v) is 5.81. The lowest BCUT2D eigenvalue weighted by Gasteiger charge is -2.18. The van der Waals surface area contributed by atoms with Gasteiger partial charge in [0.2, 0.25) is 5.91 Å². The van der Waals surface area contributed by atoms with E-state index in [4.69, 9.17) is 4.99 Å². The van der Waals surface area contributed by atoms with Crippen LogP contribution >= 0.6 is 11.8 Å². The fourth-order valence-electron chi connectivity index (χ4n) is 3.17. The highest BCUT2D eigenvalue weighted by Gasteiger charge is 2.34. The first-order chi connectivity index (χ1) is 14.1. The molecule has 1 heterocycles. The van der Waals surface area contributed by atoms with Crippen molar-refractivity contribution in [1.29, 1.82) is 0 Å². The first kappa shape index (κ1) is 19.2. The van der Waals surface area contributed by atoms with Crippen molar-refractivity contribution in [2.45, 2.75) is 19.1 Å². The number of amides is 1. The quantitative estimate of drug-likeness (QED) is 0.496. The first-order valence-corrected chi connectivity index (χ1v) is 10.5. The number of hydrogen-bond donors (Lipinski definition) is 0. The van der Waals surface area contributed by atoms with Gasteiger partial charge < -0.3 is 0 Å². The normalized spacial score (nSPS) is 18.5. The van der Waals surface area contributed by atoms with E-state index in [-0.39, 0.29) is 11.2 Å². The molecular formula is C25H22N2OS. The SMILES string of the molecule is Cc1ccc(N2C(=O)C(C)S/C2=C\C(=Nc2ccccc2)c2ccccc2)cc1. The lowest BCUT2D eigenvalue weighted by atomic mass is 10.1.